The number of benzene rings is 2. The van der Waals surface area contributed by atoms with Crippen LogP contribution in [0.2, 0.25) is 5.02 Å². The van der Waals surface area contributed by atoms with Gasteiger partial charge in [-0.2, -0.15) is 5.10 Å². The molecule has 2 N–H and O–H groups in total. The Bertz CT molecular complexity index is 889. The summed E-state index contributed by atoms with van der Waals surface area (Å²) in [6.07, 6.45) is -0.969. The summed E-state index contributed by atoms with van der Waals surface area (Å²) in [6, 6.07) is 13.8. The summed E-state index contributed by atoms with van der Waals surface area (Å²) in [5.41, 5.74) is 1.44. The average Bonchev–Trinajstić information content (AvgIpc) is 3.01. The van der Waals surface area contributed by atoms with Crippen LogP contribution in [0.15, 0.2) is 48.5 Å². The minimum atomic E-state index is -0.969. The number of nitrogens with one attached hydrogen (secondary N) is 2. The van der Waals surface area contributed by atoms with Crippen molar-refractivity contribution in [1.82, 2.24) is 10.2 Å². The molecule has 3 rings (SSSR count). The summed E-state index contributed by atoms with van der Waals surface area (Å²) in [5, 5.41) is 10.6. The van der Waals surface area contributed by atoms with E-state index in [1.807, 2.05) is 6.07 Å². The lowest BCUT2D eigenvalue weighted by Gasteiger charge is -2.13. The van der Waals surface area contributed by atoms with Crippen molar-refractivity contribution in [2.45, 2.75) is 13.0 Å². The molecule has 1 atom stereocenters. The van der Waals surface area contributed by atoms with E-state index < -0.39 is 18.0 Å². The number of H-pyrrole nitrogens is 1. The molecule has 7 heteroatoms. The highest BCUT2D eigenvalue weighted by atomic mass is 35.5. The predicted molar refractivity (Wildman–Crippen MR) is 91.1 cm³/mol. The van der Waals surface area contributed by atoms with Gasteiger partial charge in [0, 0.05) is 16.1 Å². The van der Waals surface area contributed by atoms with Crippen molar-refractivity contribution in [2.24, 2.45) is 0 Å². The Balaban J connectivity index is 1.67. The van der Waals surface area contributed by atoms with E-state index in [1.165, 1.54) is 6.92 Å². The van der Waals surface area contributed by atoms with Gasteiger partial charge in [-0.15, -0.1) is 0 Å². The number of carbonyl (C=O) groups is 2. The summed E-state index contributed by atoms with van der Waals surface area (Å²) >= 11 is 5.79. The fourth-order valence-electron chi connectivity index (χ4n) is 2.17. The third kappa shape index (κ3) is 3.38. The van der Waals surface area contributed by atoms with Gasteiger partial charge in [0.2, 0.25) is 0 Å². The van der Waals surface area contributed by atoms with E-state index in [-0.39, 0.29) is 5.69 Å². The molecule has 1 heterocycles. The van der Waals surface area contributed by atoms with Gasteiger partial charge in [-0.05, 0) is 37.3 Å². The average molecular weight is 344 g/mol. The Morgan fingerprint density at radius 2 is 1.88 bits per heavy atom. The number of hydrogen-bond acceptors (Lipinski definition) is 4. The van der Waals surface area contributed by atoms with Crippen LogP contribution in [0.1, 0.15) is 17.4 Å². The lowest BCUT2D eigenvalue weighted by Crippen LogP contribution is -2.30. The molecule has 2 aromatic carbocycles. The molecule has 0 radical (unpaired) electrons. The number of aromatic amines is 1. The van der Waals surface area contributed by atoms with Gasteiger partial charge in [0.1, 0.15) is 0 Å². The van der Waals surface area contributed by atoms with E-state index >= 15 is 0 Å². The van der Waals surface area contributed by atoms with Crippen molar-refractivity contribution in [1.29, 1.82) is 0 Å². The molecule has 0 saturated heterocycles. The fraction of sp³-hybridized carbons (Fsp3) is 0.118. The van der Waals surface area contributed by atoms with E-state index in [0.717, 1.165) is 5.52 Å². The van der Waals surface area contributed by atoms with Crippen LogP contribution in [0.25, 0.3) is 10.9 Å². The van der Waals surface area contributed by atoms with Crippen LogP contribution in [0.5, 0.6) is 0 Å². The van der Waals surface area contributed by atoms with Crippen LogP contribution >= 0.6 is 11.6 Å². The third-order valence-corrected chi connectivity index (χ3v) is 3.68. The molecule has 1 unspecified atom stereocenters. The van der Waals surface area contributed by atoms with E-state index in [1.54, 1.807) is 42.5 Å². The number of aromatic nitrogens is 2. The van der Waals surface area contributed by atoms with Crippen LogP contribution in [0, 0.1) is 0 Å². The quantitative estimate of drug-likeness (QED) is 0.711. The lowest BCUT2D eigenvalue weighted by atomic mass is 10.2. The summed E-state index contributed by atoms with van der Waals surface area (Å²) in [4.78, 5) is 24.3. The maximum Gasteiger partial charge on any atom is 0.360 e. The molecule has 122 valence electrons. The second-order valence-corrected chi connectivity index (χ2v) is 5.60. The second-order valence-electron chi connectivity index (χ2n) is 5.16. The van der Waals surface area contributed by atoms with Crippen LogP contribution in [-0.4, -0.2) is 28.2 Å². The van der Waals surface area contributed by atoms with Gasteiger partial charge in [-0.3, -0.25) is 9.89 Å². The Hall–Kier alpha value is -2.86. The monoisotopic (exact) mass is 343 g/mol. The number of fused-ring (bicyclic) bond motifs is 1. The topological polar surface area (TPSA) is 84.1 Å². The first kappa shape index (κ1) is 16.0. The zero-order valence-electron chi connectivity index (χ0n) is 12.7. The number of esters is 1. The van der Waals surface area contributed by atoms with Gasteiger partial charge >= 0.3 is 5.97 Å². The largest absolute Gasteiger partial charge is 0.448 e. The summed E-state index contributed by atoms with van der Waals surface area (Å²) < 4.78 is 5.20. The lowest BCUT2D eigenvalue weighted by molar-refractivity contribution is -0.123. The van der Waals surface area contributed by atoms with Crippen molar-refractivity contribution >= 4 is 40.1 Å². The van der Waals surface area contributed by atoms with Gasteiger partial charge in [-0.25, -0.2) is 4.79 Å². The Morgan fingerprint density at radius 3 is 2.62 bits per heavy atom. The van der Waals surface area contributed by atoms with Crippen molar-refractivity contribution in [3.63, 3.8) is 0 Å². The van der Waals surface area contributed by atoms with Gasteiger partial charge in [0.25, 0.3) is 5.91 Å². The number of anilines is 1. The molecule has 1 aromatic heterocycles. The minimum Gasteiger partial charge on any atom is -0.448 e. The van der Waals surface area contributed by atoms with E-state index in [9.17, 15) is 9.59 Å². The predicted octanol–water partition coefficient (Wildman–Crippen LogP) is 3.40. The summed E-state index contributed by atoms with van der Waals surface area (Å²) in [6.45, 7) is 1.50. The molecule has 0 aliphatic heterocycles. The van der Waals surface area contributed by atoms with Crippen molar-refractivity contribution in [3.05, 3.63) is 59.2 Å². The highest BCUT2D eigenvalue weighted by molar-refractivity contribution is 6.30. The van der Waals surface area contributed by atoms with Gasteiger partial charge in [0.15, 0.2) is 11.8 Å². The van der Waals surface area contributed by atoms with E-state index in [2.05, 4.69) is 15.5 Å². The molecule has 3 aromatic rings. The third-order valence-electron chi connectivity index (χ3n) is 3.43. The first-order chi connectivity index (χ1) is 11.5. The van der Waals surface area contributed by atoms with Crippen LogP contribution in [0.3, 0.4) is 0 Å². The van der Waals surface area contributed by atoms with Gasteiger partial charge in [-0.1, -0.05) is 29.8 Å². The number of amides is 1. The number of nitrogens with zero attached hydrogens (tertiary/aromatic N) is 1. The van der Waals surface area contributed by atoms with E-state index in [4.69, 9.17) is 16.3 Å². The Kier molecular flexibility index (Phi) is 4.48. The molecule has 0 saturated carbocycles. The van der Waals surface area contributed by atoms with Crippen molar-refractivity contribution in [3.8, 4) is 0 Å². The molecule has 6 nitrogen and oxygen atoms in total. The summed E-state index contributed by atoms with van der Waals surface area (Å²) in [5.74, 6) is -1.10. The highest BCUT2D eigenvalue weighted by Gasteiger charge is 2.22. The first-order valence-corrected chi connectivity index (χ1v) is 7.63. The second kappa shape index (κ2) is 6.72. The van der Waals surface area contributed by atoms with Crippen LogP contribution in [-0.2, 0) is 9.53 Å². The number of ether oxygens (including phenoxy) is 1. The normalized spacial score (nSPS) is 11.9. The molecule has 0 bridgehead atoms. The molecule has 24 heavy (non-hydrogen) atoms. The Labute approximate surface area is 142 Å². The summed E-state index contributed by atoms with van der Waals surface area (Å²) in [7, 11) is 0. The van der Waals surface area contributed by atoms with E-state index in [0.29, 0.717) is 16.1 Å². The van der Waals surface area contributed by atoms with Crippen LogP contribution in [0.4, 0.5) is 5.69 Å². The Morgan fingerprint density at radius 1 is 1.17 bits per heavy atom. The maximum atomic E-state index is 12.2. The van der Waals surface area contributed by atoms with Crippen molar-refractivity contribution < 1.29 is 14.3 Å². The number of hydrogen-bond donors (Lipinski definition) is 2. The van der Waals surface area contributed by atoms with Gasteiger partial charge in [0.05, 0.1) is 5.52 Å². The fourth-order valence-corrected chi connectivity index (χ4v) is 2.29. The maximum absolute atomic E-state index is 12.2. The molecular weight excluding hydrogens is 330 g/mol. The number of halogens is 1. The molecule has 0 spiro atoms. The molecule has 1 amide bonds. The smallest absolute Gasteiger partial charge is 0.360 e. The van der Waals surface area contributed by atoms with Crippen LogP contribution < -0.4 is 5.32 Å². The minimum absolute atomic E-state index is 0.150. The first-order valence-electron chi connectivity index (χ1n) is 7.25. The molecular formula is C17H14ClN3O3. The molecule has 0 fully saturated rings. The number of para-hydroxylation sites is 1. The van der Waals surface area contributed by atoms with Crippen molar-refractivity contribution in [2.75, 3.05) is 5.32 Å². The SMILES string of the molecule is CC(OC(=O)c1n[nH]c2ccccc12)C(=O)Nc1ccc(Cl)cc1. The zero-order chi connectivity index (χ0) is 17.1. The zero-order valence-corrected chi connectivity index (χ0v) is 13.5. The highest BCUT2D eigenvalue weighted by Crippen LogP contribution is 2.17. The number of carbonyl (C=O) groups excluding carboxylic acids is 2. The number of rotatable bonds is 4. The molecule has 0 aliphatic rings. The standard InChI is InChI=1S/C17H14ClN3O3/c1-10(16(22)19-12-8-6-11(18)7-9-12)24-17(23)15-13-4-2-3-5-14(13)20-21-15/h2-10H,1H3,(H,19,22)(H,20,21). The molecule has 0 aliphatic carbocycles. The van der Waals surface area contributed by atoms with Gasteiger partial charge < -0.3 is 10.1 Å².